The Morgan fingerprint density at radius 1 is 1.07 bits per heavy atom. The molecule has 0 spiro atoms. The van der Waals surface area contributed by atoms with Crippen molar-refractivity contribution in [1.82, 2.24) is 9.80 Å². The fourth-order valence-electron chi connectivity index (χ4n) is 3.63. The van der Waals surface area contributed by atoms with E-state index in [1.165, 1.54) is 12.1 Å². The van der Waals surface area contributed by atoms with E-state index in [1.54, 1.807) is 6.07 Å². The first-order chi connectivity index (χ1) is 13.2. The van der Waals surface area contributed by atoms with Crippen LogP contribution in [0.5, 0.6) is 0 Å². The Kier molecular flexibility index (Phi) is 6.09. The number of nitrogens with one attached hydrogen (secondary N) is 1. The first kappa shape index (κ1) is 20.4. The van der Waals surface area contributed by atoms with E-state index in [2.05, 4.69) is 9.62 Å². The van der Waals surface area contributed by atoms with Gasteiger partial charge in [0.05, 0.1) is 29.7 Å². The summed E-state index contributed by atoms with van der Waals surface area (Å²) in [6.45, 7) is 4.69. The summed E-state index contributed by atoms with van der Waals surface area (Å²) < 4.78 is 25.8. The van der Waals surface area contributed by atoms with E-state index in [4.69, 9.17) is 0 Å². The van der Waals surface area contributed by atoms with Gasteiger partial charge in [0.15, 0.2) is 0 Å². The van der Waals surface area contributed by atoms with Crippen molar-refractivity contribution < 1.29 is 23.1 Å². The van der Waals surface area contributed by atoms with Crippen LogP contribution in [0.4, 0.5) is 11.4 Å². The maximum absolute atomic E-state index is 12.3. The number of likely N-dealkylation sites (tertiary alicyclic amines) is 1. The van der Waals surface area contributed by atoms with Gasteiger partial charge in [-0.1, -0.05) is 0 Å². The quantitative estimate of drug-likeness (QED) is 0.703. The second-order valence-corrected chi connectivity index (χ2v) is 9.01. The molecule has 2 heterocycles. The molecule has 2 aliphatic rings. The first-order valence-corrected chi connectivity index (χ1v) is 11.2. The fraction of sp³-hybridized carbons (Fsp3) is 0.556. The highest BCUT2D eigenvalue weighted by molar-refractivity contribution is 7.92. The summed E-state index contributed by atoms with van der Waals surface area (Å²) in [6, 6.07) is 4.43. The van der Waals surface area contributed by atoms with Crippen LogP contribution < -0.4 is 9.62 Å². The zero-order valence-corrected chi connectivity index (χ0v) is 16.7. The van der Waals surface area contributed by atoms with E-state index >= 15 is 0 Å². The molecule has 10 heteroatoms. The number of carboxylic acid groups (broad SMARTS) is 1. The van der Waals surface area contributed by atoms with Gasteiger partial charge in [0.1, 0.15) is 0 Å². The molecule has 2 saturated heterocycles. The lowest BCUT2D eigenvalue weighted by atomic mass is 10.1. The average Bonchev–Trinajstić information content (AvgIpc) is 3.16. The van der Waals surface area contributed by atoms with E-state index in [0.717, 1.165) is 32.2 Å². The smallest absolute Gasteiger partial charge is 0.335 e. The molecule has 2 N–H and O–H groups in total. The van der Waals surface area contributed by atoms with Crippen LogP contribution in [0.2, 0.25) is 0 Å². The Labute approximate surface area is 165 Å². The molecule has 1 aromatic rings. The third kappa shape index (κ3) is 5.14. The van der Waals surface area contributed by atoms with Gasteiger partial charge in [-0.3, -0.25) is 14.4 Å². The SMILES string of the molecule is CS(=O)(=O)Nc1cc(C(=O)O)ccc1N1CCN(CC(=O)N2CCCC2)CC1. The summed E-state index contributed by atoms with van der Waals surface area (Å²) in [5, 5.41) is 9.18. The third-order valence-corrected chi connectivity index (χ3v) is 5.66. The zero-order valence-electron chi connectivity index (χ0n) is 15.9. The van der Waals surface area contributed by atoms with Crippen LogP contribution in [-0.2, 0) is 14.8 Å². The molecule has 0 aliphatic carbocycles. The zero-order chi connectivity index (χ0) is 20.3. The van der Waals surface area contributed by atoms with Crippen LogP contribution in [-0.4, -0.2) is 87.3 Å². The number of sulfonamides is 1. The third-order valence-electron chi connectivity index (χ3n) is 5.07. The van der Waals surface area contributed by atoms with Crippen LogP contribution in [0.3, 0.4) is 0 Å². The minimum Gasteiger partial charge on any atom is -0.478 e. The molecule has 0 aromatic heterocycles. The number of carboxylic acids is 1. The van der Waals surface area contributed by atoms with Crippen LogP contribution in [0.1, 0.15) is 23.2 Å². The highest BCUT2D eigenvalue weighted by Gasteiger charge is 2.25. The molecule has 154 valence electrons. The normalized spacial score (nSPS) is 18.3. The molecule has 1 amide bonds. The van der Waals surface area contributed by atoms with Crippen LogP contribution in [0.15, 0.2) is 18.2 Å². The minimum atomic E-state index is -3.55. The maximum Gasteiger partial charge on any atom is 0.335 e. The summed E-state index contributed by atoms with van der Waals surface area (Å²) in [7, 11) is -3.55. The molecule has 9 nitrogen and oxygen atoms in total. The summed E-state index contributed by atoms with van der Waals surface area (Å²) >= 11 is 0. The predicted octanol–water partition coefficient (Wildman–Crippen LogP) is 0.501. The summed E-state index contributed by atoms with van der Waals surface area (Å²) in [6.07, 6.45) is 3.18. The summed E-state index contributed by atoms with van der Waals surface area (Å²) in [5.74, 6) is -0.954. The Morgan fingerprint density at radius 2 is 1.71 bits per heavy atom. The van der Waals surface area contributed by atoms with Crippen molar-refractivity contribution in [3.8, 4) is 0 Å². The number of hydrogen-bond donors (Lipinski definition) is 2. The number of carbonyl (C=O) groups excluding carboxylic acids is 1. The van der Waals surface area contributed by atoms with Gasteiger partial charge < -0.3 is 14.9 Å². The van der Waals surface area contributed by atoms with Crippen molar-refractivity contribution in [2.45, 2.75) is 12.8 Å². The fourth-order valence-corrected chi connectivity index (χ4v) is 4.19. The predicted molar refractivity (Wildman–Crippen MR) is 106 cm³/mol. The molecule has 0 unspecified atom stereocenters. The molecular weight excluding hydrogens is 384 g/mol. The van der Waals surface area contributed by atoms with Gasteiger partial charge in [-0.05, 0) is 31.0 Å². The van der Waals surface area contributed by atoms with Gasteiger partial charge in [0.2, 0.25) is 15.9 Å². The Bertz CT molecular complexity index is 844. The van der Waals surface area contributed by atoms with Crippen molar-refractivity contribution in [2.24, 2.45) is 0 Å². The number of carbonyl (C=O) groups is 2. The van der Waals surface area contributed by atoms with Crippen molar-refractivity contribution in [3.63, 3.8) is 0 Å². The number of hydrogen-bond acceptors (Lipinski definition) is 6. The molecule has 2 fully saturated rings. The van der Waals surface area contributed by atoms with Crippen LogP contribution >= 0.6 is 0 Å². The largest absolute Gasteiger partial charge is 0.478 e. The number of amides is 1. The van der Waals surface area contributed by atoms with E-state index in [0.29, 0.717) is 38.4 Å². The maximum atomic E-state index is 12.3. The van der Waals surface area contributed by atoms with Crippen molar-refractivity contribution in [1.29, 1.82) is 0 Å². The Morgan fingerprint density at radius 3 is 2.29 bits per heavy atom. The standard InChI is InChI=1S/C18H26N4O5S/c1-28(26,27)19-15-12-14(18(24)25)4-5-16(15)21-10-8-20(9-11-21)13-17(23)22-6-2-3-7-22/h4-5,12,19H,2-3,6-11,13H2,1H3,(H,24,25). The van der Waals surface area contributed by atoms with Gasteiger partial charge in [-0.2, -0.15) is 0 Å². The Balaban J connectivity index is 1.67. The molecule has 0 atom stereocenters. The van der Waals surface area contributed by atoms with E-state index in [-0.39, 0.29) is 17.2 Å². The van der Waals surface area contributed by atoms with Crippen LogP contribution in [0, 0.1) is 0 Å². The summed E-state index contributed by atoms with van der Waals surface area (Å²) in [4.78, 5) is 29.6. The second-order valence-electron chi connectivity index (χ2n) is 7.26. The van der Waals surface area contributed by atoms with Gasteiger partial charge in [-0.25, -0.2) is 13.2 Å². The number of nitrogens with zero attached hydrogens (tertiary/aromatic N) is 3. The lowest BCUT2D eigenvalue weighted by molar-refractivity contribution is -0.131. The molecule has 0 saturated carbocycles. The molecule has 2 aliphatic heterocycles. The molecule has 3 rings (SSSR count). The lowest BCUT2D eigenvalue weighted by Gasteiger charge is -2.37. The van der Waals surface area contributed by atoms with Gasteiger partial charge in [0, 0.05) is 39.3 Å². The van der Waals surface area contributed by atoms with E-state index in [1.807, 2.05) is 9.80 Å². The molecular formula is C18H26N4O5S. The molecule has 28 heavy (non-hydrogen) atoms. The minimum absolute atomic E-state index is 0.0183. The van der Waals surface area contributed by atoms with Crippen molar-refractivity contribution >= 4 is 33.3 Å². The highest BCUT2D eigenvalue weighted by atomic mass is 32.2. The van der Waals surface area contributed by atoms with Gasteiger partial charge in [-0.15, -0.1) is 0 Å². The van der Waals surface area contributed by atoms with Gasteiger partial charge in [0.25, 0.3) is 0 Å². The van der Waals surface area contributed by atoms with E-state index < -0.39 is 16.0 Å². The van der Waals surface area contributed by atoms with Crippen LogP contribution in [0.25, 0.3) is 0 Å². The monoisotopic (exact) mass is 410 g/mol. The molecule has 0 bridgehead atoms. The van der Waals surface area contributed by atoms with Gasteiger partial charge >= 0.3 is 5.97 Å². The summed E-state index contributed by atoms with van der Waals surface area (Å²) in [5.41, 5.74) is 0.912. The topological polar surface area (TPSA) is 110 Å². The first-order valence-electron chi connectivity index (χ1n) is 9.33. The second kappa shape index (κ2) is 8.36. The molecule has 0 radical (unpaired) electrons. The average molecular weight is 410 g/mol. The highest BCUT2D eigenvalue weighted by Crippen LogP contribution is 2.29. The lowest BCUT2D eigenvalue weighted by Crippen LogP contribution is -2.50. The number of piperazine rings is 1. The van der Waals surface area contributed by atoms with E-state index in [9.17, 15) is 23.1 Å². The number of benzene rings is 1. The number of anilines is 2. The molecule has 1 aromatic carbocycles. The Hall–Kier alpha value is -2.33. The van der Waals surface area contributed by atoms with Crippen molar-refractivity contribution in [3.05, 3.63) is 23.8 Å². The number of aromatic carboxylic acids is 1. The van der Waals surface area contributed by atoms with Crippen molar-refractivity contribution in [2.75, 3.05) is 61.7 Å². The number of rotatable bonds is 6.